The molecule has 1 aliphatic heterocycles. The molecule has 1 amide bonds. The number of amides is 1. The molecule has 128 valence electrons. The minimum absolute atomic E-state index is 0.263. The van der Waals surface area contributed by atoms with Gasteiger partial charge in [-0.1, -0.05) is 18.2 Å². The fraction of sp³-hybridized carbons (Fsp3) is 0.412. The van der Waals surface area contributed by atoms with E-state index >= 15 is 0 Å². The lowest BCUT2D eigenvalue weighted by Crippen LogP contribution is -2.55. The lowest BCUT2D eigenvalue weighted by atomic mass is 9.83. The van der Waals surface area contributed by atoms with Crippen LogP contribution in [0.4, 0.5) is 0 Å². The molecule has 7 nitrogen and oxygen atoms in total. The maximum Gasteiger partial charge on any atom is 0.332 e. The molecule has 0 bridgehead atoms. The highest BCUT2D eigenvalue weighted by atomic mass is 16.5. The third-order valence-electron chi connectivity index (χ3n) is 4.40. The Morgan fingerprint density at radius 3 is 2.33 bits per heavy atom. The van der Waals surface area contributed by atoms with E-state index in [4.69, 9.17) is 4.74 Å². The van der Waals surface area contributed by atoms with E-state index in [1.807, 2.05) is 0 Å². The predicted molar refractivity (Wildman–Crippen MR) is 83.0 cm³/mol. The van der Waals surface area contributed by atoms with Gasteiger partial charge in [-0.3, -0.25) is 14.4 Å². The van der Waals surface area contributed by atoms with Crippen molar-refractivity contribution in [3.05, 3.63) is 35.9 Å². The second-order valence-electron chi connectivity index (χ2n) is 5.70. The zero-order chi connectivity index (χ0) is 17.9. The third kappa shape index (κ3) is 2.89. The zero-order valence-electron chi connectivity index (χ0n) is 13.8. The van der Waals surface area contributed by atoms with E-state index in [9.17, 15) is 19.2 Å². The summed E-state index contributed by atoms with van der Waals surface area (Å²) >= 11 is 0. The highest BCUT2D eigenvalue weighted by Crippen LogP contribution is 2.37. The van der Waals surface area contributed by atoms with Crippen LogP contribution in [0.3, 0.4) is 0 Å². The molecule has 0 radical (unpaired) electrons. The van der Waals surface area contributed by atoms with E-state index in [-0.39, 0.29) is 18.7 Å². The van der Waals surface area contributed by atoms with E-state index in [2.05, 4.69) is 4.74 Å². The number of hydrogen-bond acceptors (Lipinski definition) is 6. The number of carbonyl (C=O) groups is 4. The molecular formula is C17H19NO6. The van der Waals surface area contributed by atoms with Crippen LogP contribution in [-0.2, 0) is 23.9 Å². The molecular weight excluding hydrogens is 314 g/mol. The molecule has 0 aliphatic carbocycles. The van der Waals surface area contributed by atoms with Crippen molar-refractivity contribution < 1.29 is 28.7 Å². The topological polar surface area (TPSA) is 90.0 Å². The first-order chi connectivity index (χ1) is 11.4. The van der Waals surface area contributed by atoms with Crippen molar-refractivity contribution in [2.24, 2.45) is 5.92 Å². The molecule has 1 aromatic rings. The number of benzene rings is 1. The Labute approximate surface area is 139 Å². The van der Waals surface area contributed by atoms with Gasteiger partial charge < -0.3 is 14.4 Å². The van der Waals surface area contributed by atoms with Crippen LogP contribution in [0, 0.1) is 5.92 Å². The standard InChI is InChI=1S/C17H19NO6/c1-17(16(22)24-3)12(9-14(20)23-2)13(19)10-18(17)15(21)11-7-5-4-6-8-11/h4-8,12H,9-10H2,1-3H3/t12-,17+/m0/s1. The van der Waals surface area contributed by atoms with Crippen LogP contribution in [0.2, 0.25) is 0 Å². The van der Waals surface area contributed by atoms with Gasteiger partial charge in [-0.2, -0.15) is 0 Å². The maximum atomic E-state index is 12.8. The van der Waals surface area contributed by atoms with Crippen molar-refractivity contribution in [3.63, 3.8) is 0 Å². The van der Waals surface area contributed by atoms with E-state index in [0.717, 1.165) is 0 Å². The molecule has 1 fully saturated rings. The van der Waals surface area contributed by atoms with Gasteiger partial charge in [0.15, 0.2) is 5.78 Å². The first-order valence-electron chi connectivity index (χ1n) is 7.41. The fourth-order valence-electron chi connectivity index (χ4n) is 2.97. The normalized spacial score (nSPS) is 23.0. The SMILES string of the molecule is COC(=O)C[C@H]1C(=O)CN(C(=O)c2ccccc2)[C@@]1(C)C(=O)OC. The van der Waals surface area contributed by atoms with Gasteiger partial charge in [0, 0.05) is 5.56 Å². The quantitative estimate of drug-likeness (QED) is 0.758. The predicted octanol–water partition coefficient (Wildman–Crippen LogP) is 0.822. The number of likely N-dealkylation sites (tertiary alicyclic amines) is 1. The Hall–Kier alpha value is -2.70. The molecule has 0 saturated carbocycles. The minimum Gasteiger partial charge on any atom is -0.469 e. The summed E-state index contributed by atoms with van der Waals surface area (Å²) < 4.78 is 9.41. The van der Waals surface area contributed by atoms with Gasteiger partial charge in [0.25, 0.3) is 5.91 Å². The van der Waals surface area contributed by atoms with Gasteiger partial charge in [-0.05, 0) is 19.1 Å². The zero-order valence-corrected chi connectivity index (χ0v) is 13.8. The highest BCUT2D eigenvalue weighted by molar-refractivity contribution is 6.06. The summed E-state index contributed by atoms with van der Waals surface area (Å²) in [5, 5.41) is 0. The number of esters is 2. The van der Waals surface area contributed by atoms with Crippen molar-refractivity contribution >= 4 is 23.6 Å². The maximum absolute atomic E-state index is 12.8. The summed E-state index contributed by atoms with van der Waals surface area (Å²) in [5.41, 5.74) is -1.22. The van der Waals surface area contributed by atoms with Crippen molar-refractivity contribution in [3.8, 4) is 0 Å². The Balaban J connectivity index is 2.43. The van der Waals surface area contributed by atoms with Crippen molar-refractivity contribution in [2.45, 2.75) is 18.9 Å². The van der Waals surface area contributed by atoms with Gasteiger partial charge in [0.1, 0.15) is 5.54 Å². The molecule has 0 aromatic heterocycles. The molecule has 1 saturated heterocycles. The molecule has 1 aliphatic rings. The van der Waals surface area contributed by atoms with E-state index in [0.29, 0.717) is 5.56 Å². The Morgan fingerprint density at radius 1 is 1.17 bits per heavy atom. The summed E-state index contributed by atoms with van der Waals surface area (Å²) in [4.78, 5) is 50.4. The van der Waals surface area contributed by atoms with Gasteiger partial charge in [0.2, 0.25) is 0 Å². The molecule has 7 heteroatoms. The van der Waals surface area contributed by atoms with E-state index in [1.54, 1.807) is 30.3 Å². The van der Waals surface area contributed by atoms with Gasteiger partial charge in [-0.25, -0.2) is 4.79 Å². The number of nitrogens with zero attached hydrogens (tertiary/aromatic N) is 1. The lowest BCUT2D eigenvalue weighted by molar-refractivity contribution is -0.156. The number of ketones is 1. The first kappa shape index (κ1) is 17.7. The second-order valence-corrected chi connectivity index (χ2v) is 5.70. The smallest absolute Gasteiger partial charge is 0.332 e. The van der Waals surface area contributed by atoms with Crippen LogP contribution in [0.5, 0.6) is 0 Å². The molecule has 2 rings (SSSR count). The highest BCUT2D eigenvalue weighted by Gasteiger charge is 2.58. The Morgan fingerprint density at radius 2 is 1.79 bits per heavy atom. The van der Waals surface area contributed by atoms with Gasteiger partial charge >= 0.3 is 11.9 Å². The number of carbonyl (C=O) groups excluding carboxylic acids is 4. The largest absolute Gasteiger partial charge is 0.469 e. The van der Waals surface area contributed by atoms with Crippen LogP contribution >= 0.6 is 0 Å². The van der Waals surface area contributed by atoms with Crippen LogP contribution in [0.1, 0.15) is 23.7 Å². The van der Waals surface area contributed by atoms with Crippen LogP contribution < -0.4 is 0 Å². The molecule has 0 unspecified atom stereocenters. The van der Waals surface area contributed by atoms with Gasteiger partial charge in [0.05, 0.1) is 33.1 Å². The summed E-state index contributed by atoms with van der Waals surface area (Å²) in [6, 6.07) is 8.32. The average molecular weight is 333 g/mol. The first-order valence-corrected chi connectivity index (χ1v) is 7.41. The molecule has 1 heterocycles. The number of Topliss-reactive ketones (excluding diaryl/α,β-unsaturated/α-hetero) is 1. The second kappa shape index (κ2) is 6.82. The molecule has 1 aromatic carbocycles. The van der Waals surface area contributed by atoms with Crippen molar-refractivity contribution in [1.82, 2.24) is 4.90 Å². The van der Waals surface area contributed by atoms with Crippen LogP contribution in [0.15, 0.2) is 30.3 Å². The molecule has 2 atom stereocenters. The average Bonchev–Trinajstić information content (AvgIpc) is 2.86. The summed E-state index contributed by atoms with van der Waals surface area (Å²) in [6.07, 6.45) is -0.292. The summed E-state index contributed by atoms with van der Waals surface area (Å²) in [5.74, 6) is -3.23. The summed E-state index contributed by atoms with van der Waals surface area (Å²) in [7, 11) is 2.38. The van der Waals surface area contributed by atoms with E-state index in [1.165, 1.54) is 26.0 Å². The number of ether oxygens (including phenoxy) is 2. The van der Waals surface area contributed by atoms with Gasteiger partial charge in [-0.15, -0.1) is 0 Å². The fourth-order valence-corrected chi connectivity index (χ4v) is 2.97. The molecule has 0 N–H and O–H groups in total. The number of rotatable bonds is 4. The third-order valence-corrected chi connectivity index (χ3v) is 4.40. The lowest BCUT2D eigenvalue weighted by Gasteiger charge is -2.35. The minimum atomic E-state index is -1.56. The van der Waals surface area contributed by atoms with E-state index < -0.39 is 29.3 Å². The van der Waals surface area contributed by atoms with Crippen molar-refractivity contribution in [1.29, 1.82) is 0 Å². The number of hydrogen-bond donors (Lipinski definition) is 0. The number of methoxy groups -OCH3 is 2. The molecule has 24 heavy (non-hydrogen) atoms. The summed E-state index contributed by atoms with van der Waals surface area (Å²) in [6.45, 7) is 1.18. The Bertz CT molecular complexity index is 671. The van der Waals surface area contributed by atoms with Crippen LogP contribution in [0.25, 0.3) is 0 Å². The van der Waals surface area contributed by atoms with Crippen molar-refractivity contribution in [2.75, 3.05) is 20.8 Å². The monoisotopic (exact) mass is 333 g/mol. The molecule has 0 spiro atoms. The Kier molecular flexibility index (Phi) is 5.02. The van der Waals surface area contributed by atoms with Crippen LogP contribution in [-0.4, -0.2) is 54.8 Å².